The van der Waals surface area contributed by atoms with Gasteiger partial charge in [-0.05, 0) is 59.2 Å². The molecule has 0 spiro atoms. The molecule has 0 aliphatic carbocycles. The summed E-state index contributed by atoms with van der Waals surface area (Å²) in [6, 6.07) is 15.8. The van der Waals surface area contributed by atoms with Crippen molar-refractivity contribution in [1.82, 2.24) is 16.0 Å². The van der Waals surface area contributed by atoms with Crippen LogP contribution in [0.2, 0.25) is 0 Å². The van der Waals surface area contributed by atoms with E-state index in [4.69, 9.17) is 10.3 Å². The van der Waals surface area contributed by atoms with Gasteiger partial charge in [0.05, 0.1) is 12.5 Å². The van der Waals surface area contributed by atoms with Crippen molar-refractivity contribution in [3.05, 3.63) is 77.9 Å². The number of hydrogen-bond donors (Lipinski definition) is 5. The molecule has 52 heavy (non-hydrogen) atoms. The van der Waals surface area contributed by atoms with Crippen LogP contribution < -0.4 is 26.2 Å². The Labute approximate surface area is 301 Å². The van der Waals surface area contributed by atoms with E-state index in [9.17, 15) is 38.4 Å². The number of nitrogens with one attached hydrogen (secondary N) is 3. The quantitative estimate of drug-likeness (QED) is 0.0878. The highest BCUT2D eigenvalue weighted by Crippen LogP contribution is 2.49. The highest BCUT2D eigenvalue weighted by Gasteiger charge is 2.36. The predicted octanol–water partition coefficient (Wildman–Crippen LogP) is 3.56. The second-order valence-corrected chi connectivity index (χ2v) is 13.7. The van der Waals surface area contributed by atoms with Gasteiger partial charge in [0.25, 0.3) is 0 Å². The van der Waals surface area contributed by atoms with Gasteiger partial charge in [0.15, 0.2) is 0 Å². The third-order valence-corrected chi connectivity index (χ3v) is 9.43. The zero-order valence-corrected chi connectivity index (χ0v) is 30.4. The van der Waals surface area contributed by atoms with Crippen LogP contribution in [0.15, 0.2) is 66.7 Å². The Bertz CT molecular complexity index is 1780. The van der Waals surface area contributed by atoms with Crippen molar-refractivity contribution >= 4 is 54.2 Å². The molecule has 3 aromatic carbocycles. The predicted molar refractivity (Wildman–Crippen MR) is 191 cm³/mol. The molecule has 16 heteroatoms. The number of benzene rings is 3. The summed E-state index contributed by atoms with van der Waals surface area (Å²) in [5.74, 6) is -5.90. The first-order chi connectivity index (χ1) is 24.6. The van der Waals surface area contributed by atoms with Crippen LogP contribution in [0.4, 0.5) is 0 Å². The Hall–Kier alpha value is -5.27. The summed E-state index contributed by atoms with van der Waals surface area (Å²) in [5, 5.41) is 19.8. The number of carboxylic acids is 1. The summed E-state index contributed by atoms with van der Waals surface area (Å²) in [7, 11) is -4.58. The number of aryl methyl sites for hydroxylation is 1. The Morgan fingerprint density at radius 3 is 2.12 bits per heavy atom. The number of aliphatic carboxylic acids is 1. The lowest BCUT2D eigenvalue weighted by Crippen LogP contribution is -2.57. The number of carbonyl (C=O) groups excluding carboxylic acids is 5. The van der Waals surface area contributed by atoms with Gasteiger partial charge < -0.3 is 40.4 Å². The fourth-order valence-electron chi connectivity index (χ4n) is 5.23. The van der Waals surface area contributed by atoms with Crippen LogP contribution >= 0.6 is 7.82 Å². The van der Waals surface area contributed by atoms with Crippen LogP contribution in [0, 0.1) is 5.92 Å². The number of rotatable bonds is 19. The van der Waals surface area contributed by atoms with E-state index < -0.39 is 73.9 Å². The number of hydrogen-bond acceptors (Lipinski definition) is 11. The number of fused-ring (bicyclic) bond motifs is 1. The Kier molecular flexibility index (Phi) is 15.3. The smallest absolute Gasteiger partial charge is 0.480 e. The maximum Gasteiger partial charge on any atom is 0.651 e. The molecule has 0 heterocycles. The van der Waals surface area contributed by atoms with Gasteiger partial charge in [-0.25, -0.2) is 4.79 Å². The van der Waals surface area contributed by atoms with Crippen molar-refractivity contribution in [3.8, 4) is 5.75 Å². The zero-order chi connectivity index (χ0) is 38.4. The van der Waals surface area contributed by atoms with Gasteiger partial charge in [-0.1, -0.05) is 74.9 Å². The first-order valence-corrected chi connectivity index (χ1v) is 18.2. The lowest BCUT2D eigenvalue weighted by Gasteiger charge is -2.26. The van der Waals surface area contributed by atoms with E-state index in [0.717, 1.165) is 30.2 Å². The number of carboxylic acid groups (broad SMARTS) is 1. The molecule has 0 aromatic heterocycles. The molecule has 0 saturated carbocycles. The van der Waals surface area contributed by atoms with Gasteiger partial charge in [0, 0.05) is 20.4 Å². The Morgan fingerprint density at radius 1 is 0.865 bits per heavy atom. The number of nitrogens with two attached hydrogens (primary N) is 1. The molecule has 0 radical (unpaired) electrons. The molecular formula is C36H45N4O11P. The van der Waals surface area contributed by atoms with E-state index in [0.29, 0.717) is 31.4 Å². The molecule has 0 unspecified atom stereocenters. The highest BCUT2D eigenvalue weighted by atomic mass is 31.2. The topological polar surface area (TPSA) is 230 Å². The van der Waals surface area contributed by atoms with Crippen LogP contribution in [0.1, 0.15) is 58.1 Å². The Morgan fingerprint density at radius 2 is 1.50 bits per heavy atom. The van der Waals surface area contributed by atoms with Crippen molar-refractivity contribution < 1.29 is 52.0 Å². The van der Waals surface area contributed by atoms with Crippen LogP contribution in [-0.2, 0) is 55.2 Å². The van der Waals surface area contributed by atoms with E-state index in [2.05, 4.69) is 25.0 Å². The normalized spacial score (nSPS) is 13.5. The van der Waals surface area contributed by atoms with Crippen LogP contribution in [0.25, 0.3) is 10.8 Å². The van der Waals surface area contributed by atoms with Gasteiger partial charge in [-0.3, -0.25) is 24.0 Å². The highest BCUT2D eigenvalue weighted by molar-refractivity contribution is 7.50. The molecule has 0 bridgehead atoms. The molecule has 0 fully saturated rings. The molecule has 3 aromatic rings. The number of carbonyl (C=O) groups is 6. The van der Waals surface area contributed by atoms with Gasteiger partial charge in [0.2, 0.25) is 17.7 Å². The molecule has 0 saturated heterocycles. The van der Waals surface area contributed by atoms with E-state index in [-0.39, 0.29) is 12.2 Å². The number of phosphoric ester groups is 1. The average molecular weight is 741 g/mol. The molecule has 4 atom stereocenters. The number of phosphoric acid groups is 1. The summed E-state index contributed by atoms with van der Waals surface area (Å²) in [4.78, 5) is 73.7. The zero-order valence-electron chi connectivity index (χ0n) is 29.5. The lowest BCUT2D eigenvalue weighted by atomic mass is 9.96. The molecule has 15 nitrogen and oxygen atoms in total. The van der Waals surface area contributed by atoms with E-state index in [1.165, 1.54) is 24.3 Å². The minimum atomic E-state index is -4.58. The van der Waals surface area contributed by atoms with Crippen LogP contribution in [0.3, 0.4) is 0 Å². The fourth-order valence-corrected chi connectivity index (χ4v) is 6.35. The number of amides is 3. The first-order valence-electron chi connectivity index (χ1n) is 16.7. The minimum absolute atomic E-state index is 0.00900. The standard InChI is InChI=1S/C36H45N4O11P/c1-5-22(2)33(40-34(44)30(37)20-25-15-17-28(18-16-25)51-52(48,49-23(3)41)50-24(4)42)35(45)39-31(36(46)47)21-32(43)38-19-9-13-27-12-8-11-26-10-6-7-14-29(26)27/h6-8,10-12,14-18,22,30-31,33H,5,9,13,19-21,37H2,1-4H3,(H,38,43)(H,39,45)(H,40,44)(H,46,47)/t22-,30-,31-,33-/m0/s1. The average Bonchev–Trinajstić information content (AvgIpc) is 3.08. The Balaban J connectivity index is 1.55. The SMILES string of the molecule is CC[C@H](C)[C@H](NC(=O)[C@@H](N)Cc1ccc(OP(=O)(OC(C)=O)OC(C)=O)cc1)C(=O)N[C@@H](CC(=O)NCCCc1cccc2ccccc12)C(=O)O. The molecule has 6 N–H and O–H groups in total. The van der Waals surface area contributed by atoms with Gasteiger partial charge in [-0.15, -0.1) is 0 Å². The van der Waals surface area contributed by atoms with Gasteiger partial charge in [-0.2, -0.15) is 4.57 Å². The lowest BCUT2D eigenvalue weighted by molar-refractivity contribution is -0.144. The van der Waals surface area contributed by atoms with E-state index >= 15 is 0 Å². The van der Waals surface area contributed by atoms with Crippen molar-refractivity contribution in [2.75, 3.05) is 6.54 Å². The molecule has 3 amide bonds. The van der Waals surface area contributed by atoms with Crippen molar-refractivity contribution in [2.45, 2.75) is 77.9 Å². The summed E-state index contributed by atoms with van der Waals surface area (Å²) in [5.41, 5.74) is 7.81. The van der Waals surface area contributed by atoms with Crippen molar-refractivity contribution in [2.24, 2.45) is 11.7 Å². The summed E-state index contributed by atoms with van der Waals surface area (Å²) >= 11 is 0. The second kappa shape index (κ2) is 19.4. The maximum atomic E-state index is 13.3. The summed E-state index contributed by atoms with van der Waals surface area (Å²) in [6.45, 7) is 5.74. The van der Waals surface area contributed by atoms with E-state index in [1.807, 2.05) is 42.5 Å². The monoisotopic (exact) mass is 740 g/mol. The minimum Gasteiger partial charge on any atom is -0.480 e. The molecule has 3 rings (SSSR count). The third kappa shape index (κ3) is 12.8. The maximum absolute atomic E-state index is 13.3. The molecular weight excluding hydrogens is 695 g/mol. The second-order valence-electron chi connectivity index (χ2n) is 12.2. The molecule has 0 aliphatic rings. The van der Waals surface area contributed by atoms with E-state index in [1.54, 1.807) is 13.8 Å². The van der Waals surface area contributed by atoms with Crippen LogP contribution in [0.5, 0.6) is 5.75 Å². The largest absolute Gasteiger partial charge is 0.651 e. The van der Waals surface area contributed by atoms with Gasteiger partial charge >= 0.3 is 25.7 Å². The van der Waals surface area contributed by atoms with Crippen LogP contribution in [-0.4, -0.2) is 65.4 Å². The fraction of sp³-hybridized carbons (Fsp3) is 0.389. The summed E-state index contributed by atoms with van der Waals surface area (Å²) in [6.07, 6.45) is 1.27. The van der Waals surface area contributed by atoms with Gasteiger partial charge in [0.1, 0.15) is 17.8 Å². The molecule has 280 valence electrons. The first kappa shape index (κ1) is 41.2. The van der Waals surface area contributed by atoms with Crippen molar-refractivity contribution in [3.63, 3.8) is 0 Å². The summed E-state index contributed by atoms with van der Waals surface area (Å²) < 4.78 is 26.9. The molecule has 0 aliphatic heterocycles. The third-order valence-electron chi connectivity index (χ3n) is 8.04. The van der Waals surface area contributed by atoms with Crippen molar-refractivity contribution in [1.29, 1.82) is 0 Å².